The molecule has 0 saturated carbocycles. The number of likely N-dealkylation sites (tertiary alicyclic amines) is 1. The van der Waals surface area contributed by atoms with Crippen molar-refractivity contribution in [2.24, 2.45) is 0 Å². The highest BCUT2D eigenvalue weighted by Gasteiger charge is 2.28. The average molecular weight is 458 g/mol. The van der Waals surface area contributed by atoms with Crippen molar-refractivity contribution in [3.63, 3.8) is 0 Å². The lowest BCUT2D eigenvalue weighted by atomic mass is 10.2. The Morgan fingerprint density at radius 2 is 1.71 bits per heavy atom. The van der Waals surface area contributed by atoms with Crippen LogP contribution in [-0.2, 0) is 0 Å². The van der Waals surface area contributed by atoms with Gasteiger partial charge in [-0.1, -0.05) is 35.5 Å². The van der Waals surface area contributed by atoms with E-state index in [-0.39, 0.29) is 6.03 Å². The van der Waals surface area contributed by atoms with Gasteiger partial charge >= 0.3 is 6.03 Å². The van der Waals surface area contributed by atoms with E-state index in [9.17, 15) is 4.79 Å². The van der Waals surface area contributed by atoms with Crippen molar-refractivity contribution in [3.05, 3.63) is 41.6 Å². The SMILES string of the molecule is O=C(N1CCCC1)N1CCN(CCCN2c3ccccc3Sc3cc(Cl)cnc32)CC1. The number of urea groups is 1. The third-order valence-corrected chi connectivity index (χ3v) is 7.60. The van der Waals surface area contributed by atoms with Crippen LogP contribution in [0.1, 0.15) is 19.3 Å². The number of hydrogen-bond acceptors (Lipinski definition) is 5. The smallest absolute Gasteiger partial charge is 0.320 e. The van der Waals surface area contributed by atoms with E-state index >= 15 is 0 Å². The predicted octanol–water partition coefficient (Wildman–Crippen LogP) is 4.56. The van der Waals surface area contributed by atoms with Crippen LogP contribution >= 0.6 is 23.4 Å². The number of amides is 2. The first-order chi connectivity index (χ1) is 15.2. The number of fused-ring (bicyclic) bond motifs is 2. The largest absolute Gasteiger partial charge is 0.325 e. The summed E-state index contributed by atoms with van der Waals surface area (Å²) in [7, 11) is 0. The van der Waals surface area contributed by atoms with Crippen molar-refractivity contribution in [3.8, 4) is 0 Å². The number of rotatable bonds is 4. The van der Waals surface area contributed by atoms with Gasteiger partial charge in [0.05, 0.1) is 15.6 Å². The zero-order chi connectivity index (χ0) is 21.2. The number of anilines is 2. The highest BCUT2D eigenvalue weighted by Crippen LogP contribution is 2.47. The van der Waals surface area contributed by atoms with Gasteiger partial charge in [0.2, 0.25) is 0 Å². The number of pyridine rings is 1. The molecule has 2 aromatic rings. The van der Waals surface area contributed by atoms with E-state index in [4.69, 9.17) is 11.6 Å². The van der Waals surface area contributed by atoms with Gasteiger partial charge in [0, 0.05) is 56.9 Å². The molecule has 1 aromatic carbocycles. The lowest BCUT2D eigenvalue weighted by Crippen LogP contribution is -2.52. The molecule has 5 rings (SSSR count). The lowest BCUT2D eigenvalue weighted by Gasteiger charge is -2.37. The normalized spacial score (nSPS) is 18.8. The standard InChI is InChI=1S/C23H28ClN5OS/c24-18-16-21-22(25-17-18)29(19-6-1-2-7-20(19)31-21)11-5-8-26-12-14-28(15-13-26)23(30)27-9-3-4-10-27/h1-2,6-7,16-17H,3-5,8-15H2. The second-order valence-electron chi connectivity index (χ2n) is 8.36. The molecule has 6 nitrogen and oxygen atoms in total. The Morgan fingerprint density at radius 3 is 2.52 bits per heavy atom. The van der Waals surface area contributed by atoms with Crippen LogP contribution in [0.2, 0.25) is 5.02 Å². The lowest BCUT2D eigenvalue weighted by molar-refractivity contribution is 0.118. The van der Waals surface area contributed by atoms with Crippen molar-refractivity contribution >= 4 is 40.9 Å². The summed E-state index contributed by atoms with van der Waals surface area (Å²) in [5.74, 6) is 0.995. The van der Waals surface area contributed by atoms with Crippen molar-refractivity contribution in [1.82, 2.24) is 19.7 Å². The van der Waals surface area contributed by atoms with Crippen LogP contribution in [-0.4, -0.2) is 78.1 Å². The monoisotopic (exact) mass is 457 g/mol. The van der Waals surface area contributed by atoms with Crippen LogP contribution in [0.4, 0.5) is 16.3 Å². The topological polar surface area (TPSA) is 42.9 Å². The molecule has 4 heterocycles. The molecule has 0 unspecified atom stereocenters. The highest BCUT2D eigenvalue weighted by atomic mass is 35.5. The minimum absolute atomic E-state index is 0.237. The fourth-order valence-electron chi connectivity index (χ4n) is 4.64. The van der Waals surface area contributed by atoms with E-state index in [2.05, 4.69) is 39.0 Å². The van der Waals surface area contributed by atoms with E-state index in [1.807, 2.05) is 15.9 Å². The molecule has 0 atom stereocenters. The molecule has 0 aliphatic carbocycles. The average Bonchev–Trinajstić information content (AvgIpc) is 3.33. The summed E-state index contributed by atoms with van der Waals surface area (Å²) < 4.78 is 0. The molecular formula is C23H28ClN5OS. The van der Waals surface area contributed by atoms with Crippen LogP contribution in [0.25, 0.3) is 0 Å². The van der Waals surface area contributed by atoms with E-state index in [0.29, 0.717) is 5.02 Å². The molecule has 3 aliphatic heterocycles. The third-order valence-electron chi connectivity index (χ3n) is 6.31. The summed E-state index contributed by atoms with van der Waals surface area (Å²) >= 11 is 7.94. The summed E-state index contributed by atoms with van der Waals surface area (Å²) in [6.45, 7) is 7.37. The number of piperazine rings is 1. The third kappa shape index (κ3) is 4.49. The Hall–Kier alpha value is -1.96. The minimum atomic E-state index is 0.237. The zero-order valence-electron chi connectivity index (χ0n) is 17.7. The number of benzene rings is 1. The van der Waals surface area contributed by atoms with Crippen molar-refractivity contribution < 1.29 is 4.79 Å². The molecular weight excluding hydrogens is 430 g/mol. The van der Waals surface area contributed by atoms with Gasteiger partial charge in [-0.25, -0.2) is 9.78 Å². The quantitative estimate of drug-likeness (QED) is 0.673. The summed E-state index contributed by atoms with van der Waals surface area (Å²) in [6.07, 6.45) is 5.07. The molecule has 8 heteroatoms. The first-order valence-electron chi connectivity index (χ1n) is 11.2. The second kappa shape index (κ2) is 9.27. The first kappa shape index (κ1) is 20.9. The van der Waals surface area contributed by atoms with E-state index in [1.54, 1.807) is 18.0 Å². The van der Waals surface area contributed by atoms with Gasteiger partial charge in [0.25, 0.3) is 0 Å². The number of aromatic nitrogens is 1. The maximum Gasteiger partial charge on any atom is 0.320 e. The second-order valence-corrected chi connectivity index (χ2v) is 9.88. The summed E-state index contributed by atoms with van der Waals surface area (Å²) in [5.41, 5.74) is 1.22. The van der Waals surface area contributed by atoms with Gasteiger partial charge in [-0.3, -0.25) is 4.90 Å². The van der Waals surface area contributed by atoms with Crippen molar-refractivity contribution in [2.45, 2.75) is 29.1 Å². The van der Waals surface area contributed by atoms with Crippen LogP contribution in [0, 0.1) is 0 Å². The number of halogens is 1. The molecule has 3 aliphatic rings. The molecule has 2 amide bonds. The number of carbonyl (C=O) groups is 1. The van der Waals surface area contributed by atoms with Crippen molar-refractivity contribution in [2.75, 3.05) is 57.3 Å². The van der Waals surface area contributed by atoms with Gasteiger partial charge < -0.3 is 14.7 Å². The molecule has 2 fully saturated rings. The van der Waals surface area contributed by atoms with Crippen LogP contribution in [0.5, 0.6) is 0 Å². The van der Waals surface area contributed by atoms with Gasteiger partial charge in [0.1, 0.15) is 5.82 Å². The summed E-state index contributed by atoms with van der Waals surface area (Å²) in [6, 6.07) is 10.7. The number of hydrogen-bond donors (Lipinski definition) is 0. The maximum absolute atomic E-state index is 12.6. The first-order valence-corrected chi connectivity index (χ1v) is 12.3. The Labute approximate surface area is 193 Å². The number of carbonyl (C=O) groups excluding carboxylic acids is 1. The van der Waals surface area contributed by atoms with Crippen LogP contribution in [0.3, 0.4) is 0 Å². The van der Waals surface area contributed by atoms with E-state index in [0.717, 1.165) is 82.3 Å². The molecule has 0 radical (unpaired) electrons. The summed E-state index contributed by atoms with van der Waals surface area (Å²) in [5, 5.41) is 0.673. The Morgan fingerprint density at radius 1 is 0.968 bits per heavy atom. The Bertz CT molecular complexity index is 943. The Balaban J connectivity index is 1.17. The van der Waals surface area contributed by atoms with Gasteiger partial charge in [-0.2, -0.15) is 0 Å². The zero-order valence-corrected chi connectivity index (χ0v) is 19.2. The number of para-hydroxylation sites is 1. The highest BCUT2D eigenvalue weighted by molar-refractivity contribution is 7.99. The predicted molar refractivity (Wildman–Crippen MR) is 126 cm³/mol. The van der Waals surface area contributed by atoms with E-state index < -0.39 is 0 Å². The molecule has 1 aromatic heterocycles. The molecule has 31 heavy (non-hydrogen) atoms. The number of nitrogens with zero attached hydrogens (tertiary/aromatic N) is 5. The van der Waals surface area contributed by atoms with Crippen LogP contribution < -0.4 is 4.90 Å². The van der Waals surface area contributed by atoms with Gasteiger partial charge in [0.15, 0.2) is 0 Å². The van der Waals surface area contributed by atoms with Crippen molar-refractivity contribution in [1.29, 1.82) is 0 Å². The minimum Gasteiger partial charge on any atom is -0.325 e. The van der Waals surface area contributed by atoms with Gasteiger partial charge in [-0.15, -0.1) is 0 Å². The van der Waals surface area contributed by atoms with Crippen LogP contribution in [0.15, 0.2) is 46.3 Å². The van der Waals surface area contributed by atoms with Gasteiger partial charge in [-0.05, 0) is 44.0 Å². The summed E-state index contributed by atoms with van der Waals surface area (Å²) in [4.78, 5) is 28.4. The fraction of sp³-hybridized carbons (Fsp3) is 0.478. The molecule has 2 saturated heterocycles. The van der Waals surface area contributed by atoms with E-state index in [1.165, 1.54) is 10.6 Å². The molecule has 0 bridgehead atoms. The fourth-order valence-corrected chi connectivity index (χ4v) is 5.97. The molecule has 0 N–H and O–H groups in total. The maximum atomic E-state index is 12.6. The molecule has 164 valence electrons. The Kier molecular flexibility index (Phi) is 6.25. The molecule has 0 spiro atoms.